The molecule has 6 nitrogen and oxygen atoms in total. The molecular weight excluding hydrogens is 232 g/mol. The zero-order valence-corrected chi connectivity index (χ0v) is 10.1. The van der Waals surface area contributed by atoms with Crippen LogP contribution in [0.25, 0.3) is 0 Å². The van der Waals surface area contributed by atoms with Gasteiger partial charge in [0.25, 0.3) is 11.5 Å². The number of nitrogens with one attached hydrogen (secondary N) is 2. The summed E-state index contributed by atoms with van der Waals surface area (Å²) in [5, 5.41) is 9.62. The lowest BCUT2D eigenvalue weighted by molar-refractivity contribution is 0.0741. The van der Waals surface area contributed by atoms with Crippen LogP contribution in [0.15, 0.2) is 16.9 Å². The van der Waals surface area contributed by atoms with Crippen LogP contribution in [-0.2, 0) is 0 Å². The molecule has 2 aliphatic heterocycles. The predicted octanol–water partition coefficient (Wildman–Crippen LogP) is -0.264. The highest BCUT2D eigenvalue weighted by Gasteiger charge is 2.31. The summed E-state index contributed by atoms with van der Waals surface area (Å²) in [7, 11) is 0. The summed E-state index contributed by atoms with van der Waals surface area (Å²) >= 11 is 0. The predicted molar refractivity (Wildman–Crippen MR) is 65.3 cm³/mol. The number of rotatable bonds is 1. The van der Waals surface area contributed by atoms with Crippen molar-refractivity contribution in [2.75, 3.05) is 13.1 Å². The molecule has 3 rings (SSSR count). The number of fused-ring (bicyclic) bond motifs is 2. The van der Waals surface area contributed by atoms with Crippen LogP contribution in [0.2, 0.25) is 0 Å². The van der Waals surface area contributed by atoms with Gasteiger partial charge in [0.15, 0.2) is 0 Å². The van der Waals surface area contributed by atoms with Crippen molar-refractivity contribution in [1.29, 1.82) is 0 Å². The Hall–Kier alpha value is -1.69. The minimum Gasteiger partial charge on any atom is -0.336 e. The molecular formula is C12H16N4O2. The van der Waals surface area contributed by atoms with Crippen LogP contribution < -0.4 is 10.9 Å². The second-order valence-electron chi connectivity index (χ2n) is 4.98. The van der Waals surface area contributed by atoms with Crippen LogP contribution in [0.3, 0.4) is 0 Å². The summed E-state index contributed by atoms with van der Waals surface area (Å²) in [6, 6.07) is 3.78. The van der Waals surface area contributed by atoms with Gasteiger partial charge in [0, 0.05) is 31.2 Å². The van der Waals surface area contributed by atoms with E-state index in [0.717, 1.165) is 25.9 Å². The summed E-state index contributed by atoms with van der Waals surface area (Å²) in [6.45, 7) is 1.49. The molecule has 1 aromatic rings. The van der Waals surface area contributed by atoms with Gasteiger partial charge in [-0.05, 0) is 25.3 Å². The Labute approximate surface area is 104 Å². The molecule has 6 heteroatoms. The first-order valence-corrected chi connectivity index (χ1v) is 6.33. The summed E-state index contributed by atoms with van der Waals surface area (Å²) in [5.41, 5.74) is 0.0236. The van der Waals surface area contributed by atoms with Crippen LogP contribution in [0, 0.1) is 0 Å². The SMILES string of the molecule is O=C(c1ccc(=O)[nH]n1)N1CCC2CCC(C1)N2. The molecule has 18 heavy (non-hydrogen) atoms. The van der Waals surface area contributed by atoms with E-state index in [1.807, 2.05) is 4.90 Å². The normalized spacial score (nSPS) is 27.0. The highest BCUT2D eigenvalue weighted by atomic mass is 16.2. The quantitative estimate of drug-likeness (QED) is 0.717. The summed E-state index contributed by atoms with van der Waals surface area (Å²) in [6.07, 6.45) is 3.34. The summed E-state index contributed by atoms with van der Waals surface area (Å²) < 4.78 is 0. The number of hydrogen-bond acceptors (Lipinski definition) is 4. The van der Waals surface area contributed by atoms with Crippen molar-refractivity contribution in [2.24, 2.45) is 0 Å². The Kier molecular flexibility index (Phi) is 2.87. The first kappa shape index (κ1) is 11.4. The number of aromatic nitrogens is 2. The Balaban J connectivity index is 1.76. The van der Waals surface area contributed by atoms with Crippen LogP contribution >= 0.6 is 0 Å². The van der Waals surface area contributed by atoms with Gasteiger partial charge in [-0.1, -0.05) is 0 Å². The van der Waals surface area contributed by atoms with Gasteiger partial charge in [0.2, 0.25) is 0 Å². The average Bonchev–Trinajstić information content (AvgIpc) is 2.69. The van der Waals surface area contributed by atoms with E-state index in [1.54, 1.807) is 0 Å². The van der Waals surface area contributed by atoms with Crippen LogP contribution in [0.1, 0.15) is 29.8 Å². The molecule has 2 unspecified atom stereocenters. The Morgan fingerprint density at radius 3 is 2.89 bits per heavy atom. The molecule has 2 saturated heterocycles. The van der Waals surface area contributed by atoms with Crippen molar-refractivity contribution in [1.82, 2.24) is 20.4 Å². The zero-order chi connectivity index (χ0) is 12.5. The second-order valence-corrected chi connectivity index (χ2v) is 4.98. The minimum absolute atomic E-state index is 0.0967. The van der Waals surface area contributed by atoms with Crippen molar-refractivity contribution >= 4 is 5.91 Å². The number of carbonyl (C=O) groups excluding carboxylic acids is 1. The van der Waals surface area contributed by atoms with Crippen molar-refractivity contribution in [3.63, 3.8) is 0 Å². The maximum Gasteiger partial charge on any atom is 0.274 e. The van der Waals surface area contributed by atoms with Gasteiger partial charge in [-0.2, -0.15) is 5.10 Å². The van der Waals surface area contributed by atoms with E-state index in [2.05, 4.69) is 15.5 Å². The lowest BCUT2D eigenvalue weighted by Gasteiger charge is -2.23. The van der Waals surface area contributed by atoms with Gasteiger partial charge in [-0.15, -0.1) is 0 Å². The molecule has 1 aromatic heterocycles. The lowest BCUT2D eigenvalue weighted by Crippen LogP contribution is -2.39. The topological polar surface area (TPSA) is 78.1 Å². The van der Waals surface area contributed by atoms with Gasteiger partial charge < -0.3 is 10.2 Å². The third-order valence-electron chi connectivity index (χ3n) is 3.71. The molecule has 2 bridgehead atoms. The number of H-pyrrole nitrogens is 1. The third kappa shape index (κ3) is 2.15. The molecule has 0 radical (unpaired) electrons. The van der Waals surface area contributed by atoms with Crippen LogP contribution in [-0.4, -0.2) is 46.2 Å². The Morgan fingerprint density at radius 2 is 2.11 bits per heavy atom. The third-order valence-corrected chi connectivity index (χ3v) is 3.71. The van der Waals surface area contributed by atoms with E-state index < -0.39 is 0 Å². The van der Waals surface area contributed by atoms with E-state index in [4.69, 9.17) is 0 Å². The standard InChI is InChI=1S/C12H16N4O2/c17-11-4-3-10(14-15-11)12(18)16-6-5-8-1-2-9(7-16)13-8/h3-4,8-9,13H,1-2,5-7H2,(H,15,17). The van der Waals surface area contributed by atoms with Gasteiger partial charge in [-0.25, -0.2) is 5.10 Å². The molecule has 3 heterocycles. The van der Waals surface area contributed by atoms with E-state index in [1.165, 1.54) is 18.6 Å². The second kappa shape index (κ2) is 4.53. The highest BCUT2D eigenvalue weighted by Crippen LogP contribution is 2.21. The van der Waals surface area contributed by atoms with Crippen molar-refractivity contribution in [3.8, 4) is 0 Å². The Morgan fingerprint density at radius 1 is 1.28 bits per heavy atom. The van der Waals surface area contributed by atoms with Gasteiger partial charge in [0.05, 0.1) is 0 Å². The fraction of sp³-hybridized carbons (Fsp3) is 0.583. The first-order chi connectivity index (χ1) is 8.72. The summed E-state index contributed by atoms with van der Waals surface area (Å²) in [4.78, 5) is 25.0. The van der Waals surface area contributed by atoms with Gasteiger partial charge >= 0.3 is 0 Å². The lowest BCUT2D eigenvalue weighted by atomic mass is 10.1. The highest BCUT2D eigenvalue weighted by molar-refractivity contribution is 5.92. The Bertz CT molecular complexity index is 493. The number of carbonyl (C=O) groups is 1. The molecule has 2 atom stereocenters. The van der Waals surface area contributed by atoms with E-state index in [-0.39, 0.29) is 11.5 Å². The maximum atomic E-state index is 12.3. The van der Waals surface area contributed by atoms with Crippen molar-refractivity contribution in [2.45, 2.75) is 31.3 Å². The van der Waals surface area contributed by atoms with E-state index in [0.29, 0.717) is 17.8 Å². The molecule has 0 aliphatic carbocycles. The number of aromatic amines is 1. The monoisotopic (exact) mass is 248 g/mol. The minimum atomic E-state index is -0.289. The van der Waals surface area contributed by atoms with E-state index >= 15 is 0 Å². The van der Waals surface area contributed by atoms with E-state index in [9.17, 15) is 9.59 Å². The number of nitrogens with zero attached hydrogens (tertiary/aromatic N) is 2. The fourth-order valence-electron chi connectivity index (χ4n) is 2.75. The number of amides is 1. The average molecular weight is 248 g/mol. The smallest absolute Gasteiger partial charge is 0.274 e. The molecule has 0 aromatic carbocycles. The first-order valence-electron chi connectivity index (χ1n) is 6.33. The summed E-state index contributed by atoms with van der Waals surface area (Å²) in [5.74, 6) is -0.0967. The van der Waals surface area contributed by atoms with Gasteiger partial charge in [-0.3, -0.25) is 9.59 Å². The van der Waals surface area contributed by atoms with Crippen molar-refractivity contribution < 1.29 is 4.79 Å². The van der Waals surface area contributed by atoms with Crippen molar-refractivity contribution in [3.05, 3.63) is 28.2 Å². The molecule has 2 fully saturated rings. The number of hydrogen-bond donors (Lipinski definition) is 2. The van der Waals surface area contributed by atoms with Crippen LogP contribution in [0.4, 0.5) is 0 Å². The van der Waals surface area contributed by atoms with Gasteiger partial charge in [0.1, 0.15) is 5.69 Å². The molecule has 2 N–H and O–H groups in total. The molecule has 0 spiro atoms. The van der Waals surface area contributed by atoms with Crippen LogP contribution in [0.5, 0.6) is 0 Å². The molecule has 1 amide bonds. The fourth-order valence-corrected chi connectivity index (χ4v) is 2.75. The largest absolute Gasteiger partial charge is 0.336 e. The number of likely N-dealkylation sites (tertiary alicyclic amines) is 1. The molecule has 0 saturated carbocycles. The molecule has 2 aliphatic rings. The maximum absolute atomic E-state index is 12.3. The zero-order valence-electron chi connectivity index (χ0n) is 10.1. The molecule has 96 valence electrons.